The van der Waals surface area contributed by atoms with Crippen LogP contribution in [0.2, 0.25) is 5.02 Å². The number of hydrogen-bond acceptors (Lipinski definition) is 4. The van der Waals surface area contributed by atoms with E-state index in [-0.39, 0.29) is 11.6 Å². The Bertz CT molecular complexity index is 717. The smallest absolute Gasteiger partial charge is 0.338 e. The van der Waals surface area contributed by atoms with Gasteiger partial charge in [0.2, 0.25) is 0 Å². The third-order valence-electron chi connectivity index (χ3n) is 3.15. The molecule has 0 fully saturated rings. The molecule has 6 heteroatoms. The first-order chi connectivity index (χ1) is 10.6. The van der Waals surface area contributed by atoms with Crippen LogP contribution in [0.15, 0.2) is 36.4 Å². The van der Waals surface area contributed by atoms with Crippen LogP contribution in [0.25, 0.3) is 0 Å². The van der Waals surface area contributed by atoms with E-state index < -0.39 is 11.8 Å². The molecule has 0 unspecified atom stereocenters. The minimum absolute atomic E-state index is 0.0353. The lowest BCUT2D eigenvalue weighted by molar-refractivity contribution is 0.0472. The molecule has 3 rings (SSSR count). The molecule has 4 nitrogen and oxygen atoms in total. The Morgan fingerprint density at radius 3 is 2.68 bits per heavy atom. The van der Waals surface area contributed by atoms with Crippen molar-refractivity contribution < 1.29 is 23.4 Å². The molecule has 1 heterocycles. The largest absolute Gasteiger partial charge is 0.486 e. The summed E-state index contributed by atoms with van der Waals surface area (Å²) in [5.41, 5.74) is 0.886. The minimum Gasteiger partial charge on any atom is -0.486 e. The Morgan fingerprint density at radius 2 is 1.91 bits per heavy atom. The van der Waals surface area contributed by atoms with Crippen LogP contribution in [0, 0.1) is 5.82 Å². The summed E-state index contributed by atoms with van der Waals surface area (Å²) in [7, 11) is 0. The zero-order valence-electron chi connectivity index (χ0n) is 11.5. The highest BCUT2D eigenvalue weighted by atomic mass is 35.5. The van der Waals surface area contributed by atoms with E-state index in [0.717, 1.165) is 0 Å². The number of carbonyl (C=O) groups is 1. The van der Waals surface area contributed by atoms with Gasteiger partial charge in [0.1, 0.15) is 25.6 Å². The zero-order valence-corrected chi connectivity index (χ0v) is 12.2. The fourth-order valence-electron chi connectivity index (χ4n) is 2.04. The maximum Gasteiger partial charge on any atom is 0.338 e. The van der Waals surface area contributed by atoms with Gasteiger partial charge in [-0.1, -0.05) is 17.7 Å². The van der Waals surface area contributed by atoms with Crippen LogP contribution in [-0.2, 0) is 11.3 Å². The van der Waals surface area contributed by atoms with E-state index >= 15 is 0 Å². The first-order valence-corrected chi connectivity index (χ1v) is 7.02. The second-order valence-electron chi connectivity index (χ2n) is 4.67. The molecule has 114 valence electrons. The molecule has 0 saturated heterocycles. The molecular weight excluding hydrogens is 311 g/mol. The molecule has 2 aromatic carbocycles. The summed E-state index contributed by atoms with van der Waals surface area (Å²) in [6.07, 6.45) is 0. The fraction of sp³-hybridized carbons (Fsp3) is 0.188. The average molecular weight is 323 g/mol. The number of hydrogen-bond donors (Lipinski definition) is 0. The molecule has 0 aliphatic carbocycles. The van der Waals surface area contributed by atoms with Gasteiger partial charge in [-0.05, 0) is 30.3 Å². The summed E-state index contributed by atoms with van der Waals surface area (Å²) in [5, 5.41) is 0.218. The third-order valence-corrected chi connectivity index (χ3v) is 3.50. The van der Waals surface area contributed by atoms with Crippen molar-refractivity contribution in [2.24, 2.45) is 0 Å². The lowest BCUT2D eigenvalue weighted by Gasteiger charge is -2.18. The first-order valence-electron chi connectivity index (χ1n) is 6.64. The summed E-state index contributed by atoms with van der Waals surface area (Å²) in [6.45, 7) is 0.892. The molecule has 0 radical (unpaired) electrons. The summed E-state index contributed by atoms with van der Waals surface area (Å²) < 4.78 is 28.9. The zero-order chi connectivity index (χ0) is 15.5. The van der Waals surface area contributed by atoms with E-state index in [0.29, 0.717) is 35.8 Å². The van der Waals surface area contributed by atoms with Gasteiger partial charge in [0.05, 0.1) is 10.6 Å². The molecule has 1 aliphatic rings. The lowest BCUT2D eigenvalue weighted by atomic mass is 10.2. The van der Waals surface area contributed by atoms with E-state index in [1.807, 2.05) is 0 Å². The minimum atomic E-state index is -0.516. The standard InChI is InChI=1S/C16H12ClFO4/c17-13-8-12(18)3-1-11(13)9-22-16(19)10-2-4-14-15(7-10)21-6-5-20-14/h1-4,7-8H,5-6,9H2. The number of esters is 1. The van der Waals surface area contributed by atoms with Crippen molar-refractivity contribution in [2.45, 2.75) is 6.61 Å². The van der Waals surface area contributed by atoms with Crippen LogP contribution in [0.5, 0.6) is 11.5 Å². The van der Waals surface area contributed by atoms with Gasteiger partial charge in [0.25, 0.3) is 0 Å². The highest BCUT2D eigenvalue weighted by molar-refractivity contribution is 6.31. The van der Waals surface area contributed by atoms with Crippen LogP contribution in [0.3, 0.4) is 0 Å². The predicted molar refractivity (Wildman–Crippen MR) is 78.0 cm³/mol. The van der Waals surface area contributed by atoms with E-state index in [1.54, 1.807) is 18.2 Å². The molecule has 22 heavy (non-hydrogen) atoms. The number of benzene rings is 2. The highest BCUT2D eigenvalue weighted by Gasteiger charge is 2.16. The van der Waals surface area contributed by atoms with Gasteiger partial charge in [-0.2, -0.15) is 0 Å². The Hall–Kier alpha value is -2.27. The molecular formula is C16H12ClFO4. The monoisotopic (exact) mass is 322 g/mol. The normalized spacial score (nSPS) is 12.8. The molecule has 0 atom stereocenters. The van der Waals surface area contributed by atoms with Crippen molar-refractivity contribution in [3.63, 3.8) is 0 Å². The quantitative estimate of drug-likeness (QED) is 0.810. The van der Waals surface area contributed by atoms with Crippen molar-refractivity contribution >= 4 is 17.6 Å². The van der Waals surface area contributed by atoms with E-state index in [2.05, 4.69) is 0 Å². The van der Waals surface area contributed by atoms with Gasteiger partial charge >= 0.3 is 5.97 Å². The van der Waals surface area contributed by atoms with Gasteiger partial charge in [-0.15, -0.1) is 0 Å². The molecule has 0 N–H and O–H groups in total. The summed E-state index contributed by atoms with van der Waals surface area (Å²) in [4.78, 5) is 12.0. The van der Waals surface area contributed by atoms with Gasteiger partial charge < -0.3 is 14.2 Å². The lowest BCUT2D eigenvalue weighted by Crippen LogP contribution is -2.16. The molecule has 0 spiro atoms. The maximum absolute atomic E-state index is 13.0. The highest BCUT2D eigenvalue weighted by Crippen LogP contribution is 2.31. The van der Waals surface area contributed by atoms with Crippen molar-refractivity contribution in [3.05, 3.63) is 58.4 Å². The van der Waals surface area contributed by atoms with Crippen LogP contribution < -0.4 is 9.47 Å². The van der Waals surface area contributed by atoms with Crippen LogP contribution in [0.1, 0.15) is 15.9 Å². The van der Waals surface area contributed by atoms with Crippen molar-refractivity contribution in [1.29, 1.82) is 0 Å². The number of rotatable bonds is 3. The fourth-order valence-corrected chi connectivity index (χ4v) is 2.26. The van der Waals surface area contributed by atoms with Crippen LogP contribution in [-0.4, -0.2) is 19.2 Å². The number of carbonyl (C=O) groups excluding carboxylic acids is 1. The SMILES string of the molecule is O=C(OCc1ccc(F)cc1Cl)c1ccc2c(c1)OCCO2. The molecule has 0 amide bonds. The van der Waals surface area contributed by atoms with E-state index in [1.165, 1.54) is 18.2 Å². The molecule has 0 saturated carbocycles. The second kappa shape index (κ2) is 6.23. The average Bonchev–Trinajstić information content (AvgIpc) is 2.53. The first kappa shape index (κ1) is 14.7. The summed E-state index contributed by atoms with van der Waals surface area (Å²) in [5.74, 6) is 0.161. The molecule has 1 aliphatic heterocycles. The number of fused-ring (bicyclic) bond motifs is 1. The van der Waals surface area contributed by atoms with Crippen LogP contribution >= 0.6 is 11.6 Å². The predicted octanol–water partition coefficient (Wildman–Crippen LogP) is 3.61. The molecule has 0 bridgehead atoms. The van der Waals surface area contributed by atoms with Crippen molar-refractivity contribution in [1.82, 2.24) is 0 Å². The Labute approximate surface area is 131 Å². The Kier molecular flexibility index (Phi) is 4.15. The molecule has 0 aromatic heterocycles. The van der Waals surface area contributed by atoms with Gasteiger partial charge in [0, 0.05) is 5.56 Å². The summed E-state index contributed by atoms with van der Waals surface area (Å²) in [6, 6.07) is 8.75. The second-order valence-corrected chi connectivity index (χ2v) is 5.08. The van der Waals surface area contributed by atoms with Gasteiger partial charge in [-0.25, -0.2) is 9.18 Å². The Morgan fingerprint density at radius 1 is 1.14 bits per heavy atom. The molecule has 2 aromatic rings. The van der Waals surface area contributed by atoms with Crippen molar-refractivity contribution in [2.75, 3.05) is 13.2 Å². The Balaban J connectivity index is 1.69. The topological polar surface area (TPSA) is 44.8 Å². The summed E-state index contributed by atoms with van der Waals surface area (Å²) >= 11 is 5.89. The maximum atomic E-state index is 13.0. The third kappa shape index (κ3) is 3.14. The number of ether oxygens (including phenoxy) is 3. The van der Waals surface area contributed by atoms with E-state index in [9.17, 15) is 9.18 Å². The van der Waals surface area contributed by atoms with E-state index in [4.69, 9.17) is 25.8 Å². The van der Waals surface area contributed by atoms with Gasteiger partial charge in [-0.3, -0.25) is 0 Å². The van der Waals surface area contributed by atoms with Crippen molar-refractivity contribution in [3.8, 4) is 11.5 Å². The van der Waals surface area contributed by atoms with Crippen LogP contribution in [0.4, 0.5) is 4.39 Å². The number of halogens is 2. The van der Waals surface area contributed by atoms with Gasteiger partial charge in [0.15, 0.2) is 11.5 Å².